The predicted molar refractivity (Wildman–Crippen MR) is 61.4 cm³/mol. The van der Waals surface area contributed by atoms with E-state index in [1.54, 1.807) is 17.0 Å². The van der Waals surface area contributed by atoms with E-state index >= 15 is 0 Å². The molecule has 2 rings (SSSR count). The SMILES string of the molecule is COC1=C(n2cccc2)C=C(F)C(Cl)(Cl)N1. The first-order valence-electron chi connectivity index (χ1n) is 4.50. The summed E-state index contributed by atoms with van der Waals surface area (Å²) < 4.78 is 18.5. The maximum atomic E-state index is 13.5. The van der Waals surface area contributed by atoms with E-state index in [0.29, 0.717) is 11.6 Å². The van der Waals surface area contributed by atoms with E-state index in [2.05, 4.69) is 5.32 Å². The highest BCUT2D eigenvalue weighted by molar-refractivity contribution is 6.50. The van der Waals surface area contributed by atoms with Crippen LogP contribution in [0.1, 0.15) is 0 Å². The highest BCUT2D eigenvalue weighted by Crippen LogP contribution is 2.35. The van der Waals surface area contributed by atoms with Gasteiger partial charge in [0.15, 0.2) is 5.83 Å². The Labute approximate surface area is 102 Å². The van der Waals surface area contributed by atoms with Crippen LogP contribution < -0.4 is 5.32 Å². The van der Waals surface area contributed by atoms with Crippen molar-refractivity contribution in [3.05, 3.63) is 42.3 Å². The van der Waals surface area contributed by atoms with Gasteiger partial charge in [0, 0.05) is 18.5 Å². The van der Waals surface area contributed by atoms with Crippen LogP contribution in [0.5, 0.6) is 0 Å². The number of nitrogens with zero attached hydrogens (tertiary/aromatic N) is 1. The minimum atomic E-state index is -1.78. The highest BCUT2D eigenvalue weighted by atomic mass is 35.5. The summed E-state index contributed by atoms with van der Waals surface area (Å²) in [7, 11) is 1.45. The van der Waals surface area contributed by atoms with Crippen LogP contribution in [0.4, 0.5) is 4.39 Å². The van der Waals surface area contributed by atoms with Crippen LogP contribution in [0.15, 0.2) is 42.3 Å². The maximum absolute atomic E-state index is 13.5. The van der Waals surface area contributed by atoms with E-state index < -0.39 is 10.3 Å². The molecule has 86 valence electrons. The summed E-state index contributed by atoms with van der Waals surface area (Å²) in [5.74, 6) is -0.372. The second-order valence-corrected chi connectivity index (χ2v) is 4.53. The average molecular weight is 263 g/mol. The van der Waals surface area contributed by atoms with Gasteiger partial charge >= 0.3 is 0 Å². The minimum absolute atomic E-state index is 0.308. The van der Waals surface area contributed by atoms with Gasteiger partial charge in [-0.15, -0.1) is 0 Å². The predicted octanol–water partition coefficient (Wildman–Crippen LogP) is 2.85. The molecule has 0 saturated heterocycles. The van der Waals surface area contributed by atoms with Crippen molar-refractivity contribution < 1.29 is 9.13 Å². The molecule has 3 nitrogen and oxygen atoms in total. The Morgan fingerprint density at radius 1 is 1.38 bits per heavy atom. The van der Waals surface area contributed by atoms with Gasteiger partial charge in [-0.05, 0) is 12.1 Å². The molecule has 16 heavy (non-hydrogen) atoms. The second-order valence-electron chi connectivity index (χ2n) is 3.20. The molecule has 0 amide bonds. The molecule has 2 heterocycles. The Morgan fingerprint density at radius 2 is 2.00 bits per heavy atom. The maximum Gasteiger partial charge on any atom is 0.243 e. The zero-order chi connectivity index (χ0) is 11.8. The first kappa shape index (κ1) is 11.4. The molecule has 0 aliphatic carbocycles. The number of hydrogen-bond acceptors (Lipinski definition) is 2. The molecule has 0 bridgehead atoms. The Morgan fingerprint density at radius 3 is 2.56 bits per heavy atom. The molecular weight excluding hydrogens is 254 g/mol. The van der Waals surface area contributed by atoms with Gasteiger partial charge in [0.1, 0.15) is 5.70 Å². The molecule has 0 aromatic carbocycles. The summed E-state index contributed by atoms with van der Waals surface area (Å²) in [5.41, 5.74) is 0.502. The van der Waals surface area contributed by atoms with Crippen molar-refractivity contribution >= 4 is 28.9 Å². The third kappa shape index (κ3) is 1.90. The lowest BCUT2D eigenvalue weighted by atomic mass is 10.3. The molecule has 1 aromatic heterocycles. The number of alkyl halides is 2. The highest BCUT2D eigenvalue weighted by Gasteiger charge is 2.36. The molecule has 0 spiro atoms. The summed E-state index contributed by atoms with van der Waals surface area (Å²) in [4.78, 5) is 0. The van der Waals surface area contributed by atoms with E-state index in [1.807, 2.05) is 12.1 Å². The Hall–Kier alpha value is -1.13. The number of allylic oxidation sites excluding steroid dienone is 2. The largest absolute Gasteiger partial charge is 0.481 e. The Bertz CT molecular complexity index is 451. The third-order valence-electron chi connectivity index (χ3n) is 2.15. The quantitative estimate of drug-likeness (QED) is 0.656. The van der Waals surface area contributed by atoms with Crippen molar-refractivity contribution in [2.45, 2.75) is 4.46 Å². The smallest absolute Gasteiger partial charge is 0.243 e. The number of aromatic nitrogens is 1. The zero-order valence-electron chi connectivity index (χ0n) is 8.38. The van der Waals surface area contributed by atoms with Crippen LogP contribution >= 0.6 is 23.2 Å². The zero-order valence-corrected chi connectivity index (χ0v) is 9.89. The lowest BCUT2D eigenvalue weighted by molar-refractivity contribution is 0.252. The van der Waals surface area contributed by atoms with Crippen molar-refractivity contribution in [3.8, 4) is 0 Å². The fourth-order valence-electron chi connectivity index (χ4n) is 1.39. The molecule has 0 atom stereocenters. The monoisotopic (exact) mass is 262 g/mol. The molecule has 0 fully saturated rings. The molecule has 0 saturated carbocycles. The van der Waals surface area contributed by atoms with E-state index in [0.717, 1.165) is 0 Å². The third-order valence-corrected chi connectivity index (χ3v) is 2.70. The van der Waals surface area contributed by atoms with Crippen molar-refractivity contribution in [2.24, 2.45) is 0 Å². The van der Waals surface area contributed by atoms with Crippen molar-refractivity contribution in [1.29, 1.82) is 0 Å². The number of hydrogen-bond donors (Lipinski definition) is 1. The standard InChI is InChI=1S/C10H9Cl2FN2O/c1-16-9-7(15-4-2-3-5-15)6-8(13)10(11,12)14-9/h2-6,14H,1H3. The number of dihydropyridines is 1. The number of ether oxygens (including phenoxy) is 1. The van der Waals surface area contributed by atoms with Gasteiger partial charge < -0.3 is 14.6 Å². The van der Waals surface area contributed by atoms with Crippen molar-refractivity contribution in [3.63, 3.8) is 0 Å². The van der Waals surface area contributed by atoms with Gasteiger partial charge in [-0.3, -0.25) is 0 Å². The molecule has 6 heteroatoms. The summed E-state index contributed by atoms with van der Waals surface area (Å²) in [5, 5.41) is 2.55. The van der Waals surface area contributed by atoms with Crippen molar-refractivity contribution in [1.82, 2.24) is 9.88 Å². The lowest BCUT2D eigenvalue weighted by Crippen LogP contribution is -2.38. The topological polar surface area (TPSA) is 26.2 Å². The first-order chi connectivity index (χ1) is 7.54. The Balaban J connectivity index is 2.47. The second kappa shape index (κ2) is 4.03. The van der Waals surface area contributed by atoms with Crippen LogP contribution in [0.3, 0.4) is 0 Å². The van der Waals surface area contributed by atoms with Gasteiger partial charge in [0.2, 0.25) is 10.3 Å². The number of rotatable bonds is 2. The normalized spacial score (nSPS) is 19.1. The number of halogens is 3. The van der Waals surface area contributed by atoms with E-state index in [-0.39, 0.29) is 0 Å². The average Bonchev–Trinajstić information content (AvgIpc) is 2.74. The lowest BCUT2D eigenvalue weighted by Gasteiger charge is -2.27. The van der Waals surface area contributed by atoms with Crippen LogP contribution in [0.2, 0.25) is 0 Å². The van der Waals surface area contributed by atoms with Crippen LogP contribution in [0.25, 0.3) is 5.70 Å². The number of methoxy groups -OCH3 is 1. The van der Waals surface area contributed by atoms with Crippen LogP contribution in [-0.4, -0.2) is 16.1 Å². The summed E-state index contributed by atoms with van der Waals surface area (Å²) in [6.45, 7) is 0. The summed E-state index contributed by atoms with van der Waals surface area (Å²) in [6.07, 6.45) is 4.75. The van der Waals surface area contributed by atoms with E-state index in [1.165, 1.54) is 13.2 Å². The number of nitrogens with one attached hydrogen (secondary N) is 1. The van der Waals surface area contributed by atoms with Gasteiger partial charge in [-0.1, -0.05) is 23.2 Å². The van der Waals surface area contributed by atoms with Gasteiger partial charge in [-0.25, -0.2) is 4.39 Å². The minimum Gasteiger partial charge on any atom is -0.481 e. The fourth-order valence-corrected chi connectivity index (χ4v) is 1.67. The molecule has 0 unspecified atom stereocenters. The van der Waals surface area contributed by atoms with Crippen LogP contribution in [-0.2, 0) is 4.74 Å². The van der Waals surface area contributed by atoms with Gasteiger partial charge in [0.25, 0.3) is 0 Å². The molecule has 1 N–H and O–H groups in total. The molecule has 0 radical (unpaired) electrons. The van der Waals surface area contributed by atoms with Gasteiger partial charge in [0.05, 0.1) is 7.11 Å². The summed E-state index contributed by atoms with van der Waals surface area (Å²) >= 11 is 11.4. The molecule has 1 aliphatic heterocycles. The van der Waals surface area contributed by atoms with Crippen molar-refractivity contribution in [2.75, 3.05) is 7.11 Å². The fraction of sp³-hybridized carbons (Fsp3) is 0.200. The molecule has 1 aromatic rings. The van der Waals surface area contributed by atoms with E-state index in [4.69, 9.17) is 27.9 Å². The van der Waals surface area contributed by atoms with Crippen LogP contribution in [0, 0.1) is 0 Å². The Kier molecular flexibility index (Phi) is 2.86. The molecular formula is C10H9Cl2FN2O. The molecule has 1 aliphatic rings. The van der Waals surface area contributed by atoms with E-state index in [9.17, 15) is 4.39 Å². The summed E-state index contributed by atoms with van der Waals surface area (Å²) in [6, 6.07) is 3.63. The van der Waals surface area contributed by atoms with Gasteiger partial charge in [-0.2, -0.15) is 0 Å². The first-order valence-corrected chi connectivity index (χ1v) is 5.25.